The van der Waals surface area contributed by atoms with E-state index in [1.165, 1.54) is 57.8 Å². The first kappa shape index (κ1) is 17.5. The van der Waals surface area contributed by atoms with Gasteiger partial charge in [0.15, 0.2) is 0 Å². The number of allylic oxidation sites excluding steroid dienone is 1. The van der Waals surface area contributed by atoms with Crippen LogP contribution in [-0.4, -0.2) is 16.8 Å². The minimum atomic E-state index is 0.0420. The number of hydrogen-bond donors (Lipinski definition) is 2. The molecule has 0 spiro atoms. The van der Waals surface area contributed by atoms with E-state index in [1.54, 1.807) is 0 Å². The summed E-state index contributed by atoms with van der Waals surface area (Å²) >= 11 is 0. The quantitative estimate of drug-likeness (QED) is 0.354. The van der Waals surface area contributed by atoms with Crippen LogP contribution in [0.5, 0.6) is 0 Å². The summed E-state index contributed by atoms with van der Waals surface area (Å²) in [7, 11) is 0. The van der Waals surface area contributed by atoms with Crippen LogP contribution < -0.4 is 0 Å². The minimum Gasteiger partial charge on any atom is -0.513 e. The Morgan fingerprint density at radius 2 is 1.33 bits per heavy atom. The molecule has 0 amide bonds. The van der Waals surface area contributed by atoms with Gasteiger partial charge in [-0.25, -0.2) is 0 Å². The number of aliphatic hydroxyl groups excluding tert-OH is 2. The highest BCUT2D eigenvalue weighted by atomic mass is 16.3. The molecule has 0 aliphatic rings. The van der Waals surface area contributed by atoms with Crippen molar-refractivity contribution in [2.24, 2.45) is 0 Å². The number of rotatable bonds is 13. The van der Waals surface area contributed by atoms with Crippen molar-refractivity contribution in [3.63, 3.8) is 0 Å². The number of aliphatic hydroxyl groups is 2. The molecule has 0 aliphatic carbocycles. The van der Waals surface area contributed by atoms with Gasteiger partial charge in [0, 0.05) is 6.42 Å². The summed E-state index contributed by atoms with van der Waals surface area (Å²) in [4.78, 5) is 0. The molecular weight excluding hydrogens is 224 g/mol. The van der Waals surface area contributed by atoms with Gasteiger partial charge >= 0.3 is 0 Å². The predicted molar refractivity (Wildman–Crippen MR) is 78.9 cm³/mol. The summed E-state index contributed by atoms with van der Waals surface area (Å²) < 4.78 is 0. The molecule has 0 rings (SSSR count). The van der Waals surface area contributed by atoms with E-state index in [0.717, 1.165) is 12.8 Å². The third-order valence-electron chi connectivity index (χ3n) is 3.31. The SMILES string of the molecule is CCCCCCCCCCCCC=C(O)CCO. The van der Waals surface area contributed by atoms with E-state index >= 15 is 0 Å². The molecule has 0 aromatic rings. The highest BCUT2D eigenvalue weighted by molar-refractivity contribution is 4.90. The highest BCUT2D eigenvalue weighted by Gasteiger charge is 1.93. The predicted octanol–water partition coefficient (Wildman–Crippen LogP) is 5.12. The Hall–Kier alpha value is -0.500. The molecule has 18 heavy (non-hydrogen) atoms. The maximum atomic E-state index is 9.29. The zero-order chi connectivity index (χ0) is 13.5. The maximum Gasteiger partial charge on any atom is 0.0905 e. The van der Waals surface area contributed by atoms with E-state index in [1.807, 2.05) is 6.08 Å². The fourth-order valence-corrected chi connectivity index (χ4v) is 2.12. The zero-order valence-corrected chi connectivity index (χ0v) is 12.2. The van der Waals surface area contributed by atoms with Gasteiger partial charge in [0.1, 0.15) is 0 Å². The van der Waals surface area contributed by atoms with Crippen LogP contribution >= 0.6 is 0 Å². The van der Waals surface area contributed by atoms with Crippen molar-refractivity contribution >= 4 is 0 Å². The largest absolute Gasteiger partial charge is 0.513 e. The van der Waals surface area contributed by atoms with Gasteiger partial charge in [-0.05, 0) is 18.9 Å². The van der Waals surface area contributed by atoms with E-state index < -0.39 is 0 Å². The Kier molecular flexibility index (Phi) is 14.2. The van der Waals surface area contributed by atoms with Crippen molar-refractivity contribution < 1.29 is 10.2 Å². The molecule has 2 N–H and O–H groups in total. The molecule has 0 atom stereocenters. The van der Waals surface area contributed by atoms with E-state index in [2.05, 4.69) is 6.92 Å². The molecule has 0 aromatic carbocycles. The Balaban J connectivity index is 3.09. The lowest BCUT2D eigenvalue weighted by Gasteiger charge is -2.01. The van der Waals surface area contributed by atoms with Crippen molar-refractivity contribution in [3.8, 4) is 0 Å². The van der Waals surface area contributed by atoms with Crippen LogP contribution in [0.1, 0.15) is 84.0 Å². The van der Waals surface area contributed by atoms with E-state index in [-0.39, 0.29) is 6.61 Å². The van der Waals surface area contributed by atoms with Crippen molar-refractivity contribution in [2.45, 2.75) is 84.0 Å². The van der Waals surface area contributed by atoms with Crippen LogP contribution in [0.3, 0.4) is 0 Å². The summed E-state index contributed by atoms with van der Waals surface area (Å²) in [6.45, 7) is 2.30. The van der Waals surface area contributed by atoms with Crippen molar-refractivity contribution in [2.75, 3.05) is 6.61 Å². The lowest BCUT2D eigenvalue weighted by Crippen LogP contribution is -1.87. The Labute approximate surface area is 113 Å². The van der Waals surface area contributed by atoms with Gasteiger partial charge in [0.05, 0.1) is 12.4 Å². The van der Waals surface area contributed by atoms with Crippen molar-refractivity contribution in [3.05, 3.63) is 11.8 Å². The molecule has 0 aliphatic heterocycles. The molecule has 2 heteroatoms. The third kappa shape index (κ3) is 13.6. The Morgan fingerprint density at radius 1 is 0.833 bits per heavy atom. The van der Waals surface area contributed by atoms with Crippen LogP contribution in [0.4, 0.5) is 0 Å². The van der Waals surface area contributed by atoms with Crippen molar-refractivity contribution in [1.29, 1.82) is 0 Å². The average molecular weight is 256 g/mol. The fraction of sp³-hybridized carbons (Fsp3) is 0.875. The summed E-state index contributed by atoms with van der Waals surface area (Å²) in [5.41, 5.74) is 0. The molecule has 2 nitrogen and oxygen atoms in total. The molecule has 0 fully saturated rings. The molecular formula is C16H32O2. The second-order valence-electron chi connectivity index (χ2n) is 5.14. The normalized spacial score (nSPS) is 12.0. The Bertz CT molecular complexity index is 188. The first-order valence-corrected chi connectivity index (χ1v) is 7.80. The summed E-state index contributed by atoms with van der Waals surface area (Å²) in [6.07, 6.45) is 16.6. The van der Waals surface area contributed by atoms with Gasteiger partial charge in [0.25, 0.3) is 0 Å². The molecule has 0 saturated heterocycles. The van der Waals surface area contributed by atoms with E-state index in [9.17, 15) is 5.11 Å². The van der Waals surface area contributed by atoms with Crippen LogP contribution in [0.2, 0.25) is 0 Å². The Morgan fingerprint density at radius 3 is 1.83 bits per heavy atom. The first-order chi connectivity index (χ1) is 8.81. The lowest BCUT2D eigenvalue weighted by atomic mass is 10.1. The molecule has 108 valence electrons. The molecule has 0 radical (unpaired) electrons. The average Bonchev–Trinajstić information content (AvgIpc) is 2.36. The minimum absolute atomic E-state index is 0.0420. The van der Waals surface area contributed by atoms with Gasteiger partial charge in [-0.3, -0.25) is 0 Å². The topological polar surface area (TPSA) is 40.5 Å². The maximum absolute atomic E-state index is 9.29. The third-order valence-corrected chi connectivity index (χ3v) is 3.31. The smallest absolute Gasteiger partial charge is 0.0905 e. The van der Waals surface area contributed by atoms with Crippen LogP contribution in [-0.2, 0) is 0 Å². The van der Waals surface area contributed by atoms with Gasteiger partial charge in [-0.2, -0.15) is 0 Å². The van der Waals surface area contributed by atoms with Crippen molar-refractivity contribution in [1.82, 2.24) is 0 Å². The standard InChI is InChI=1S/C16H32O2/c1-2-3-4-5-6-7-8-9-10-11-12-13-16(18)14-15-17/h13,17-18H,2-12,14-15H2,1H3. The molecule has 0 bridgehead atoms. The van der Waals surface area contributed by atoms with Crippen LogP contribution in [0.15, 0.2) is 11.8 Å². The highest BCUT2D eigenvalue weighted by Crippen LogP contribution is 2.11. The van der Waals surface area contributed by atoms with Gasteiger partial charge in [-0.15, -0.1) is 0 Å². The molecule has 0 aromatic heterocycles. The second kappa shape index (κ2) is 14.6. The van der Waals surface area contributed by atoms with Gasteiger partial charge in [-0.1, -0.05) is 64.7 Å². The molecule has 0 saturated carbocycles. The first-order valence-electron chi connectivity index (χ1n) is 7.80. The molecule has 0 heterocycles. The zero-order valence-electron chi connectivity index (χ0n) is 12.2. The summed E-state index contributed by atoms with van der Waals surface area (Å²) in [6, 6.07) is 0. The second-order valence-corrected chi connectivity index (χ2v) is 5.14. The summed E-state index contributed by atoms with van der Waals surface area (Å²) in [5, 5.41) is 17.9. The fourth-order valence-electron chi connectivity index (χ4n) is 2.12. The van der Waals surface area contributed by atoms with Crippen LogP contribution in [0.25, 0.3) is 0 Å². The van der Waals surface area contributed by atoms with Crippen LogP contribution in [0, 0.1) is 0 Å². The van der Waals surface area contributed by atoms with E-state index in [0.29, 0.717) is 12.2 Å². The number of hydrogen-bond acceptors (Lipinski definition) is 2. The molecule has 0 unspecified atom stereocenters. The number of unbranched alkanes of at least 4 members (excludes halogenated alkanes) is 10. The lowest BCUT2D eigenvalue weighted by molar-refractivity contribution is 0.267. The summed E-state index contributed by atoms with van der Waals surface area (Å²) in [5.74, 6) is 0.341. The monoisotopic (exact) mass is 256 g/mol. The van der Waals surface area contributed by atoms with Gasteiger partial charge < -0.3 is 10.2 Å². The van der Waals surface area contributed by atoms with Gasteiger partial charge in [0.2, 0.25) is 0 Å². The van der Waals surface area contributed by atoms with E-state index in [4.69, 9.17) is 5.11 Å².